The molecule has 176 valence electrons. The summed E-state index contributed by atoms with van der Waals surface area (Å²) in [6.07, 6.45) is 18.6. The number of allylic oxidation sites excluding steroid dienone is 2. The molecular formula is C29H48O2. The van der Waals surface area contributed by atoms with E-state index < -0.39 is 0 Å². The highest BCUT2D eigenvalue weighted by Crippen LogP contribution is 2.68. The second-order valence-corrected chi connectivity index (χ2v) is 12.8. The summed E-state index contributed by atoms with van der Waals surface area (Å²) >= 11 is 0. The summed E-state index contributed by atoms with van der Waals surface area (Å²) in [6.45, 7) is 13.8. The predicted octanol–water partition coefficient (Wildman–Crippen LogP) is 7.82. The van der Waals surface area contributed by atoms with Gasteiger partial charge in [-0.05, 0) is 97.7 Å². The van der Waals surface area contributed by atoms with Gasteiger partial charge in [0.25, 0.3) is 0 Å². The van der Waals surface area contributed by atoms with Crippen molar-refractivity contribution in [2.45, 2.75) is 112 Å². The quantitative estimate of drug-likeness (QED) is 0.329. The number of hydrogen-bond donors (Lipinski definition) is 0. The molecule has 0 N–H and O–H groups in total. The lowest BCUT2D eigenvalue weighted by atomic mass is 9.44. The number of rotatable bonds is 5. The SMILES string of the molecule is CC(=O)OC1CC2C3CCC4CCCCC4(C)C3CCC2(C)C1C(C)/C=C/CC(C)C. The molecular weight excluding hydrogens is 380 g/mol. The van der Waals surface area contributed by atoms with Gasteiger partial charge in [0.05, 0.1) is 0 Å². The van der Waals surface area contributed by atoms with Crippen molar-refractivity contribution in [2.24, 2.45) is 52.3 Å². The molecule has 4 aliphatic rings. The first-order valence-corrected chi connectivity index (χ1v) is 13.5. The average Bonchev–Trinajstić information content (AvgIpc) is 2.98. The van der Waals surface area contributed by atoms with E-state index in [0.29, 0.717) is 28.6 Å². The predicted molar refractivity (Wildman–Crippen MR) is 129 cm³/mol. The van der Waals surface area contributed by atoms with Crippen molar-refractivity contribution in [3.05, 3.63) is 12.2 Å². The van der Waals surface area contributed by atoms with Gasteiger partial charge in [-0.3, -0.25) is 4.79 Å². The zero-order valence-electron chi connectivity index (χ0n) is 21.2. The highest BCUT2D eigenvalue weighted by Gasteiger charge is 2.63. The first kappa shape index (κ1) is 23.4. The zero-order valence-corrected chi connectivity index (χ0v) is 21.2. The van der Waals surface area contributed by atoms with Crippen LogP contribution in [0.1, 0.15) is 106 Å². The molecule has 0 radical (unpaired) electrons. The smallest absolute Gasteiger partial charge is 0.302 e. The van der Waals surface area contributed by atoms with E-state index in [1.54, 1.807) is 6.92 Å². The van der Waals surface area contributed by atoms with Crippen LogP contribution in [0, 0.1) is 52.3 Å². The number of carbonyl (C=O) groups excluding carboxylic acids is 1. The molecule has 9 atom stereocenters. The lowest BCUT2D eigenvalue weighted by Crippen LogP contribution is -2.53. The molecule has 31 heavy (non-hydrogen) atoms. The number of esters is 1. The van der Waals surface area contributed by atoms with E-state index in [1.165, 1.54) is 51.4 Å². The first-order valence-electron chi connectivity index (χ1n) is 13.5. The Morgan fingerprint density at radius 1 is 1.00 bits per heavy atom. The Bertz CT molecular complexity index is 680. The fourth-order valence-electron chi connectivity index (χ4n) is 9.28. The molecule has 4 saturated carbocycles. The molecule has 9 unspecified atom stereocenters. The van der Waals surface area contributed by atoms with E-state index in [4.69, 9.17) is 4.74 Å². The Labute approximate surface area is 192 Å². The average molecular weight is 429 g/mol. The molecule has 4 aliphatic carbocycles. The largest absolute Gasteiger partial charge is 0.462 e. The summed E-state index contributed by atoms with van der Waals surface area (Å²) in [6, 6.07) is 0. The highest BCUT2D eigenvalue weighted by atomic mass is 16.5. The van der Waals surface area contributed by atoms with Crippen LogP contribution in [0.4, 0.5) is 0 Å². The van der Waals surface area contributed by atoms with Crippen LogP contribution in [0.25, 0.3) is 0 Å². The van der Waals surface area contributed by atoms with Gasteiger partial charge in [-0.15, -0.1) is 0 Å². The van der Waals surface area contributed by atoms with E-state index in [1.807, 2.05) is 0 Å². The zero-order chi connectivity index (χ0) is 22.4. The molecule has 0 aromatic rings. The van der Waals surface area contributed by atoms with Gasteiger partial charge in [0.2, 0.25) is 0 Å². The first-order chi connectivity index (χ1) is 14.7. The lowest BCUT2D eigenvalue weighted by Gasteiger charge is -2.60. The van der Waals surface area contributed by atoms with Gasteiger partial charge in [0.1, 0.15) is 6.10 Å². The summed E-state index contributed by atoms with van der Waals surface area (Å²) in [4.78, 5) is 12.1. The van der Waals surface area contributed by atoms with Crippen LogP contribution in [0.2, 0.25) is 0 Å². The molecule has 0 bridgehead atoms. The van der Waals surface area contributed by atoms with Gasteiger partial charge < -0.3 is 4.74 Å². The molecule has 4 rings (SSSR count). The summed E-state index contributed by atoms with van der Waals surface area (Å²) in [7, 11) is 0. The van der Waals surface area contributed by atoms with Gasteiger partial charge in [-0.25, -0.2) is 0 Å². The van der Waals surface area contributed by atoms with Crippen molar-refractivity contribution < 1.29 is 9.53 Å². The number of ether oxygens (including phenoxy) is 1. The van der Waals surface area contributed by atoms with Crippen LogP contribution >= 0.6 is 0 Å². The maximum absolute atomic E-state index is 12.1. The Morgan fingerprint density at radius 2 is 1.77 bits per heavy atom. The van der Waals surface area contributed by atoms with Crippen LogP contribution < -0.4 is 0 Å². The van der Waals surface area contributed by atoms with Gasteiger partial charge in [-0.2, -0.15) is 0 Å². The monoisotopic (exact) mass is 428 g/mol. The van der Waals surface area contributed by atoms with Gasteiger partial charge in [0.15, 0.2) is 0 Å². The highest BCUT2D eigenvalue weighted by molar-refractivity contribution is 5.66. The Hall–Kier alpha value is -0.790. The van der Waals surface area contributed by atoms with Crippen molar-refractivity contribution >= 4 is 5.97 Å². The van der Waals surface area contributed by atoms with E-state index in [0.717, 1.165) is 36.5 Å². The van der Waals surface area contributed by atoms with E-state index >= 15 is 0 Å². The standard InChI is InChI=1S/C29H48O2/c1-19(2)10-9-11-20(3)27-26(31-21(4)30)18-25-23-14-13-22-12-7-8-16-28(22,5)24(23)15-17-29(25,27)6/h9,11,19-20,22-27H,7-8,10,12-18H2,1-6H3/b11-9+. The normalized spacial score (nSPS) is 45.8. The molecule has 4 fully saturated rings. The number of carbonyl (C=O) groups is 1. The summed E-state index contributed by atoms with van der Waals surface area (Å²) in [5.74, 6) is 4.96. The summed E-state index contributed by atoms with van der Waals surface area (Å²) in [5.41, 5.74) is 0.876. The Balaban J connectivity index is 1.60. The molecule has 0 saturated heterocycles. The van der Waals surface area contributed by atoms with Crippen molar-refractivity contribution in [2.75, 3.05) is 0 Å². The molecule has 0 amide bonds. The molecule has 0 spiro atoms. The van der Waals surface area contributed by atoms with Crippen molar-refractivity contribution in [3.8, 4) is 0 Å². The summed E-state index contributed by atoms with van der Waals surface area (Å²) < 4.78 is 6.07. The van der Waals surface area contributed by atoms with E-state index in [-0.39, 0.29) is 12.1 Å². The number of hydrogen-bond acceptors (Lipinski definition) is 2. The minimum atomic E-state index is -0.0879. The van der Waals surface area contributed by atoms with Crippen molar-refractivity contribution in [3.63, 3.8) is 0 Å². The lowest BCUT2D eigenvalue weighted by molar-refractivity contribution is -0.150. The molecule has 0 aromatic heterocycles. The maximum Gasteiger partial charge on any atom is 0.302 e. The molecule has 0 aromatic carbocycles. The topological polar surface area (TPSA) is 26.3 Å². The molecule has 0 aliphatic heterocycles. The van der Waals surface area contributed by atoms with Gasteiger partial charge in [-0.1, -0.05) is 59.6 Å². The van der Waals surface area contributed by atoms with E-state index in [9.17, 15) is 4.79 Å². The molecule has 2 nitrogen and oxygen atoms in total. The van der Waals surface area contributed by atoms with Crippen molar-refractivity contribution in [1.29, 1.82) is 0 Å². The van der Waals surface area contributed by atoms with Crippen LogP contribution in [0.5, 0.6) is 0 Å². The summed E-state index contributed by atoms with van der Waals surface area (Å²) in [5, 5.41) is 0. The second-order valence-electron chi connectivity index (χ2n) is 12.8. The van der Waals surface area contributed by atoms with Crippen molar-refractivity contribution in [1.82, 2.24) is 0 Å². The third-order valence-corrected chi connectivity index (χ3v) is 10.6. The third kappa shape index (κ3) is 4.15. The molecule has 2 heteroatoms. The van der Waals surface area contributed by atoms with Crippen LogP contribution in [0.15, 0.2) is 12.2 Å². The fourth-order valence-corrected chi connectivity index (χ4v) is 9.28. The van der Waals surface area contributed by atoms with Crippen LogP contribution in [-0.2, 0) is 9.53 Å². The van der Waals surface area contributed by atoms with Gasteiger partial charge in [0, 0.05) is 12.8 Å². The van der Waals surface area contributed by atoms with E-state index in [2.05, 4.69) is 46.8 Å². The van der Waals surface area contributed by atoms with Crippen LogP contribution in [-0.4, -0.2) is 12.1 Å². The second kappa shape index (κ2) is 8.86. The Morgan fingerprint density at radius 3 is 2.48 bits per heavy atom. The van der Waals surface area contributed by atoms with Gasteiger partial charge >= 0.3 is 5.97 Å². The fraction of sp³-hybridized carbons (Fsp3) is 0.897. The third-order valence-electron chi connectivity index (χ3n) is 10.6. The maximum atomic E-state index is 12.1. The minimum absolute atomic E-state index is 0.0879. The van der Waals surface area contributed by atoms with Crippen LogP contribution in [0.3, 0.4) is 0 Å². The molecule has 0 heterocycles. The minimum Gasteiger partial charge on any atom is -0.462 e. The Kier molecular flexibility index (Phi) is 6.68. The number of fused-ring (bicyclic) bond motifs is 5.